The van der Waals surface area contributed by atoms with Crippen molar-refractivity contribution in [3.8, 4) is 28.6 Å². The van der Waals surface area contributed by atoms with Crippen LogP contribution in [0, 0.1) is 0 Å². The second kappa shape index (κ2) is 8.40. The van der Waals surface area contributed by atoms with Crippen LogP contribution in [-0.2, 0) is 9.59 Å². The van der Waals surface area contributed by atoms with Crippen LogP contribution in [0.4, 0.5) is 5.69 Å². The van der Waals surface area contributed by atoms with Gasteiger partial charge in [0.2, 0.25) is 16.6 Å². The van der Waals surface area contributed by atoms with Crippen molar-refractivity contribution >= 4 is 39.4 Å². The zero-order valence-electron chi connectivity index (χ0n) is 18.9. The SMILES string of the molecule is COc1cc(-c2nc3s/c(=C4\C(=O)N(CC(N)=O)c5ccccc54)c(=O)n3n2)cc(OC)c1OC. The normalized spacial score (nSPS) is 14.4. The number of fused-ring (bicyclic) bond motifs is 2. The van der Waals surface area contributed by atoms with E-state index in [0.717, 1.165) is 15.9 Å². The molecule has 3 heterocycles. The topological polar surface area (TPSA) is 138 Å². The standard InChI is InChI=1S/C23H19N5O6S/c1-32-14-8-11(9-15(33-2)18(14)34-3)20-25-23-28(26-20)22(31)19(35-23)17-12-6-4-5-7-13(12)27(21(17)30)10-16(24)29/h4-9H,10H2,1-3H3,(H2,24,29)/b19-17-. The molecule has 0 aliphatic carbocycles. The molecule has 0 fully saturated rings. The molecule has 178 valence electrons. The first-order chi connectivity index (χ1) is 16.9. The van der Waals surface area contributed by atoms with Gasteiger partial charge in [0, 0.05) is 11.1 Å². The third-order valence-electron chi connectivity index (χ3n) is 5.54. The van der Waals surface area contributed by atoms with Gasteiger partial charge in [-0.1, -0.05) is 29.5 Å². The lowest BCUT2D eigenvalue weighted by molar-refractivity contribution is -0.119. The first-order valence-electron chi connectivity index (χ1n) is 10.3. The summed E-state index contributed by atoms with van der Waals surface area (Å²) in [5, 5.41) is 4.37. The number of carbonyl (C=O) groups is 2. The molecule has 0 spiro atoms. The van der Waals surface area contributed by atoms with E-state index in [1.165, 1.54) is 26.2 Å². The molecule has 2 amide bonds. The van der Waals surface area contributed by atoms with Gasteiger partial charge >= 0.3 is 0 Å². The van der Waals surface area contributed by atoms with Gasteiger partial charge in [-0.3, -0.25) is 19.3 Å². The number of ether oxygens (including phenoxy) is 3. The van der Waals surface area contributed by atoms with Crippen LogP contribution in [0.2, 0.25) is 0 Å². The number of nitrogens with two attached hydrogens (primary N) is 1. The average molecular weight is 494 g/mol. The molecule has 0 saturated heterocycles. The molecular weight excluding hydrogens is 474 g/mol. The molecule has 11 nitrogen and oxygen atoms in total. The number of benzene rings is 2. The quantitative estimate of drug-likeness (QED) is 0.412. The van der Waals surface area contributed by atoms with E-state index in [9.17, 15) is 14.4 Å². The number of hydrogen-bond acceptors (Lipinski definition) is 9. The molecule has 1 aliphatic heterocycles. The van der Waals surface area contributed by atoms with Crippen LogP contribution in [0.3, 0.4) is 0 Å². The molecule has 2 N–H and O–H groups in total. The summed E-state index contributed by atoms with van der Waals surface area (Å²) in [6.07, 6.45) is 0. The highest BCUT2D eigenvalue weighted by atomic mass is 32.1. The van der Waals surface area contributed by atoms with Gasteiger partial charge in [-0.2, -0.15) is 9.50 Å². The predicted octanol–water partition coefficient (Wildman–Crippen LogP) is 0.594. The highest BCUT2D eigenvalue weighted by Crippen LogP contribution is 2.40. The summed E-state index contributed by atoms with van der Waals surface area (Å²) in [7, 11) is 4.50. The Morgan fingerprint density at radius 2 is 1.74 bits per heavy atom. The number of nitrogens with zero attached hydrogens (tertiary/aromatic N) is 4. The molecule has 4 aromatic rings. The Kier molecular flexibility index (Phi) is 5.36. The highest BCUT2D eigenvalue weighted by Gasteiger charge is 2.35. The minimum absolute atomic E-state index is 0.181. The van der Waals surface area contributed by atoms with Crippen LogP contribution in [0.5, 0.6) is 17.2 Å². The fourth-order valence-electron chi connectivity index (χ4n) is 4.03. The van der Waals surface area contributed by atoms with Crippen molar-refractivity contribution in [3.05, 3.63) is 56.8 Å². The highest BCUT2D eigenvalue weighted by molar-refractivity contribution is 7.15. The van der Waals surface area contributed by atoms with E-state index >= 15 is 0 Å². The average Bonchev–Trinajstić information content (AvgIpc) is 3.49. The second-order valence-corrected chi connectivity index (χ2v) is 8.51. The number of aromatic nitrogens is 3. The largest absolute Gasteiger partial charge is 0.493 e. The van der Waals surface area contributed by atoms with Crippen molar-refractivity contribution in [2.75, 3.05) is 32.8 Å². The zero-order chi connectivity index (χ0) is 24.9. The number of primary amides is 1. The van der Waals surface area contributed by atoms with E-state index in [1.54, 1.807) is 36.4 Å². The van der Waals surface area contributed by atoms with Crippen LogP contribution in [0.15, 0.2) is 41.2 Å². The number of para-hydroxylation sites is 1. The van der Waals surface area contributed by atoms with Crippen LogP contribution in [0.25, 0.3) is 21.9 Å². The number of anilines is 1. The third-order valence-corrected chi connectivity index (χ3v) is 6.57. The Bertz CT molecular complexity index is 1600. The molecule has 12 heteroatoms. The summed E-state index contributed by atoms with van der Waals surface area (Å²) >= 11 is 1.04. The first-order valence-corrected chi connectivity index (χ1v) is 11.1. The fourth-order valence-corrected chi connectivity index (χ4v) is 5.03. The van der Waals surface area contributed by atoms with Gasteiger partial charge in [0.1, 0.15) is 11.1 Å². The number of rotatable bonds is 6. The molecule has 0 radical (unpaired) electrons. The molecule has 1 aliphatic rings. The van der Waals surface area contributed by atoms with E-state index in [4.69, 9.17) is 19.9 Å². The summed E-state index contributed by atoms with van der Waals surface area (Å²) in [4.78, 5) is 44.1. The van der Waals surface area contributed by atoms with Crippen molar-refractivity contribution in [2.45, 2.75) is 0 Å². The lowest BCUT2D eigenvalue weighted by Crippen LogP contribution is -2.37. The van der Waals surface area contributed by atoms with Crippen molar-refractivity contribution in [2.24, 2.45) is 5.73 Å². The van der Waals surface area contributed by atoms with Crippen LogP contribution in [0.1, 0.15) is 5.56 Å². The van der Waals surface area contributed by atoms with Crippen molar-refractivity contribution < 1.29 is 23.8 Å². The second-order valence-electron chi connectivity index (χ2n) is 7.53. The molecule has 0 bridgehead atoms. The summed E-state index contributed by atoms with van der Waals surface area (Å²) in [6, 6.07) is 10.3. The van der Waals surface area contributed by atoms with Gasteiger partial charge in [0.15, 0.2) is 17.3 Å². The number of amides is 2. The maximum atomic E-state index is 13.3. The summed E-state index contributed by atoms with van der Waals surface area (Å²) in [5.41, 5.74) is 6.65. The molecule has 0 atom stereocenters. The van der Waals surface area contributed by atoms with Gasteiger partial charge in [-0.05, 0) is 18.2 Å². The van der Waals surface area contributed by atoms with Gasteiger partial charge in [-0.25, -0.2) is 0 Å². The van der Waals surface area contributed by atoms with Crippen LogP contribution < -0.4 is 34.9 Å². The predicted molar refractivity (Wildman–Crippen MR) is 128 cm³/mol. The van der Waals surface area contributed by atoms with Crippen molar-refractivity contribution in [1.82, 2.24) is 14.6 Å². The fraction of sp³-hybridized carbons (Fsp3) is 0.174. The first kappa shape index (κ1) is 22.3. The van der Waals surface area contributed by atoms with Gasteiger partial charge < -0.3 is 19.9 Å². The van der Waals surface area contributed by atoms with Gasteiger partial charge in [0.25, 0.3) is 11.5 Å². The number of thiazole rings is 1. The molecule has 2 aromatic heterocycles. The van der Waals surface area contributed by atoms with E-state index in [2.05, 4.69) is 10.1 Å². The van der Waals surface area contributed by atoms with Crippen LogP contribution >= 0.6 is 11.3 Å². The Morgan fingerprint density at radius 1 is 1.06 bits per heavy atom. The van der Waals surface area contributed by atoms with E-state index in [0.29, 0.717) is 39.0 Å². The Labute approximate surface area is 201 Å². The molecule has 35 heavy (non-hydrogen) atoms. The molecule has 0 saturated carbocycles. The third kappa shape index (κ3) is 3.46. The number of carbonyl (C=O) groups excluding carboxylic acids is 2. The lowest BCUT2D eigenvalue weighted by atomic mass is 10.1. The van der Waals surface area contributed by atoms with E-state index < -0.39 is 17.4 Å². The minimum atomic E-state index is -0.658. The minimum Gasteiger partial charge on any atom is -0.493 e. The maximum absolute atomic E-state index is 13.3. The summed E-state index contributed by atoms with van der Waals surface area (Å²) in [5.74, 6) is 0.396. The van der Waals surface area contributed by atoms with E-state index in [1.807, 2.05) is 0 Å². The smallest absolute Gasteiger partial charge is 0.291 e. The molecule has 5 rings (SSSR count). The lowest BCUT2D eigenvalue weighted by Gasteiger charge is -2.14. The molecular formula is C23H19N5O6S. The monoisotopic (exact) mass is 493 g/mol. The Balaban J connectivity index is 1.68. The maximum Gasteiger partial charge on any atom is 0.291 e. The van der Waals surface area contributed by atoms with Crippen molar-refractivity contribution in [3.63, 3.8) is 0 Å². The van der Waals surface area contributed by atoms with Gasteiger partial charge in [0.05, 0.1) is 32.6 Å². The van der Waals surface area contributed by atoms with Crippen LogP contribution in [-0.4, -0.2) is 54.3 Å². The summed E-state index contributed by atoms with van der Waals surface area (Å²) in [6.45, 7) is -0.292. The van der Waals surface area contributed by atoms with Crippen molar-refractivity contribution in [1.29, 1.82) is 0 Å². The molecule has 2 aromatic carbocycles. The Hall–Kier alpha value is -4.45. The zero-order valence-corrected chi connectivity index (χ0v) is 19.7. The van der Waals surface area contributed by atoms with Gasteiger partial charge in [-0.15, -0.1) is 5.10 Å². The summed E-state index contributed by atoms with van der Waals surface area (Å²) < 4.78 is 17.4. The number of hydrogen-bond donors (Lipinski definition) is 1. The molecule has 0 unspecified atom stereocenters. The van der Waals surface area contributed by atoms with E-state index in [-0.39, 0.29) is 22.5 Å². The number of methoxy groups -OCH3 is 3. The Morgan fingerprint density at radius 3 is 2.34 bits per heavy atom.